The highest BCUT2D eigenvalue weighted by Gasteiger charge is 2.22. The quantitative estimate of drug-likeness (QED) is 0.626. The van der Waals surface area contributed by atoms with E-state index >= 15 is 0 Å². The van der Waals surface area contributed by atoms with Gasteiger partial charge in [0.2, 0.25) is 5.91 Å². The van der Waals surface area contributed by atoms with Gasteiger partial charge in [-0.25, -0.2) is 4.98 Å². The van der Waals surface area contributed by atoms with Gasteiger partial charge in [0, 0.05) is 29.3 Å². The molecule has 0 saturated carbocycles. The van der Waals surface area contributed by atoms with Crippen LogP contribution in [0.1, 0.15) is 41.1 Å². The molecule has 1 aliphatic carbocycles. The van der Waals surface area contributed by atoms with E-state index in [0.717, 1.165) is 60.3 Å². The van der Waals surface area contributed by atoms with Crippen molar-refractivity contribution in [2.75, 3.05) is 17.2 Å². The molecular formula is C22H23N3O2S2. The summed E-state index contributed by atoms with van der Waals surface area (Å²) >= 11 is 3.32. The molecule has 0 unspecified atom stereocenters. The van der Waals surface area contributed by atoms with E-state index in [9.17, 15) is 9.59 Å². The normalized spacial score (nSPS) is 15.5. The average Bonchev–Trinajstić information content (AvgIpc) is 3.31. The van der Waals surface area contributed by atoms with Crippen LogP contribution in [-0.4, -0.2) is 28.2 Å². The van der Waals surface area contributed by atoms with E-state index in [1.165, 1.54) is 16.0 Å². The van der Waals surface area contributed by atoms with Gasteiger partial charge in [0.25, 0.3) is 5.56 Å². The number of nitrogens with zero attached hydrogens (tertiary/aromatic N) is 2. The number of aromatic nitrogens is 2. The van der Waals surface area contributed by atoms with Crippen LogP contribution in [0.15, 0.2) is 29.1 Å². The zero-order valence-corrected chi connectivity index (χ0v) is 17.8. The van der Waals surface area contributed by atoms with Crippen LogP contribution in [0.3, 0.4) is 0 Å². The standard InChI is InChI=1S/C22H23N3O2S2/c26-19(25-11-4-6-14-5-1-2-8-16(14)25)10-12-28-13-18-23-21(27)20-15-7-3-9-17(15)29-22(20)24-18/h1-2,5,8H,3-4,6-7,9-13H2,(H,23,24,27). The molecule has 5 rings (SSSR count). The molecular weight excluding hydrogens is 402 g/mol. The second kappa shape index (κ2) is 7.95. The molecule has 2 aliphatic rings. The molecule has 0 spiro atoms. The molecule has 1 aromatic carbocycles. The van der Waals surface area contributed by atoms with Gasteiger partial charge in [0.1, 0.15) is 10.7 Å². The lowest BCUT2D eigenvalue weighted by molar-refractivity contribution is -0.118. The maximum absolute atomic E-state index is 12.7. The number of thioether (sulfide) groups is 1. The Morgan fingerprint density at radius 1 is 1.21 bits per heavy atom. The Labute approximate surface area is 177 Å². The van der Waals surface area contributed by atoms with Crippen LogP contribution in [-0.2, 0) is 29.8 Å². The van der Waals surface area contributed by atoms with Gasteiger partial charge < -0.3 is 9.88 Å². The number of H-pyrrole nitrogens is 1. The number of nitrogens with one attached hydrogen (secondary N) is 1. The number of benzene rings is 1. The van der Waals surface area contributed by atoms with E-state index in [2.05, 4.69) is 16.0 Å². The highest BCUT2D eigenvalue weighted by Crippen LogP contribution is 2.34. The lowest BCUT2D eigenvalue weighted by atomic mass is 10.0. The lowest BCUT2D eigenvalue weighted by Gasteiger charge is -2.29. The Morgan fingerprint density at radius 3 is 3.03 bits per heavy atom. The minimum Gasteiger partial charge on any atom is -0.312 e. The second-order valence-electron chi connectivity index (χ2n) is 7.63. The predicted molar refractivity (Wildman–Crippen MR) is 120 cm³/mol. The van der Waals surface area contributed by atoms with Crippen LogP contribution >= 0.6 is 23.1 Å². The zero-order valence-electron chi connectivity index (χ0n) is 16.2. The van der Waals surface area contributed by atoms with Crippen LogP contribution in [0, 0.1) is 0 Å². The molecule has 2 aromatic heterocycles. The molecule has 0 radical (unpaired) electrons. The summed E-state index contributed by atoms with van der Waals surface area (Å²) in [4.78, 5) is 37.0. The summed E-state index contributed by atoms with van der Waals surface area (Å²) in [7, 11) is 0. The van der Waals surface area contributed by atoms with Gasteiger partial charge in [0.05, 0.1) is 11.1 Å². The van der Waals surface area contributed by atoms with Crippen molar-refractivity contribution in [3.63, 3.8) is 0 Å². The topological polar surface area (TPSA) is 66.1 Å². The van der Waals surface area contributed by atoms with Gasteiger partial charge in [-0.15, -0.1) is 11.3 Å². The second-order valence-corrected chi connectivity index (χ2v) is 9.82. The molecule has 0 saturated heterocycles. The molecule has 29 heavy (non-hydrogen) atoms. The van der Waals surface area contributed by atoms with Crippen molar-refractivity contribution >= 4 is 44.9 Å². The van der Waals surface area contributed by atoms with Crippen molar-refractivity contribution in [3.8, 4) is 0 Å². The van der Waals surface area contributed by atoms with Crippen LogP contribution < -0.4 is 10.5 Å². The van der Waals surface area contributed by atoms with Crippen molar-refractivity contribution in [2.45, 2.75) is 44.3 Å². The zero-order chi connectivity index (χ0) is 19.8. The Kier molecular flexibility index (Phi) is 5.18. The van der Waals surface area contributed by atoms with E-state index in [4.69, 9.17) is 0 Å². The number of carbonyl (C=O) groups is 1. The van der Waals surface area contributed by atoms with Crippen LogP contribution in [0.5, 0.6) is 0 Å². The molecule has 0 bridgehead atoms. The van der Waals surface area contributed by atoms with Crippen molar-refractivity contribution in [2.24, 2.45) is 0 Å². The Bertz CT molecular complexity index is 1130. The summed E-state index contributed by atoms with van der Waals surface area (Å²) in [5, 5.41) is 0.801. The van der Waals surface area contributed by atoms with Gasteiger partial charge in [-0.1, -0.05) is 18.2 Å². The number of para-hydroxylation sites is 1. The number of anilines is 1. The van der Waals surface area contributed by atoms with E-state index in [1.54, 1.807) is 23.1 Å². The molecule has 1 amide bonds. The Balaban J connectivity index is 1.20. The van der Waals surface area contributed by atoms with E-state index in [-0.39, 0.29) is 11.5 Å². The Hall–Kier alpha value is -2.12. The van der Waals surface area contributed by atoms with Gasteiger partial charge in [-0.2, -0.15) is 11.8 Å². The smallest absolute Gasteiger partial charge is 0.259 e. The largest absolute Gasteiger partial charge is 0.312 e. The maximum atomic E-state index is 12.7. The number of aromatic amines is 1. The molecule has 0 fully saturated rings. The summed E-state index contributed by atoms with van der Waals surface area (Å²) in [6.45, 7) is 0.801. The summed E-state index contributed by atoms with van der Waals surface area (Å²) < 4.78 is 0. The average molecular weight is 426 g/mol. The third-order valence-corrected chi connectivity index (χ3v) is 7.89. The number of aryl methyl sites for hydroxylation is 3. The number of hydrogen-bond donors (Lipinski definition) is 1. The highest BCUT2D eigenvalue weighted by molar-refractivity contribution is 7.98. The molecule has 1 N–H and O–H groups in total. The minimum atomic E-state index is -0.00833. The minimum absolute atomic E-state index is 0.00833. The molecule has 0 atom stereocenters. The van der Waals surface area contributed by atoms with Crippen molar-refractivity contribution in [1.29, 1.82) is 0 Å². The molecule has 3 aromatic rings. The van der Waals surface area contributed by atoms with E-state index in [0.29, 0.717) is 18.0 Å². The van der Waals surface area contributed by atoms with Crippen molar-refractivity contribution in [3.05, 3.63) is 56.4 Å². The first-order valence-corrected chi connectivity index (χ1v) is 12.2. The first kappa shape index (κ1) is 18.9. The summed E-state index contributed by atoms with van der Waals surface area (Å²) in [6, 6.07) is 8.19. The monoisotopic (exact) mass is 425 g/mol. The van der Waals surface area contributed by atoms with Gasteiger partial charge in [-0.05, 0) is 49.3 Å². The summed E-state index contributed by atoms with van der Waals surface area (Å²) in [5.74, 6) is 2.23. The van der Waals surface area contributed by atoms with E-state index < -0.39 is 0 Å². The van der Waals surface area contributed by atoms with E-state index in [1.807, 2.05) is 23.1 Å². The predicted octanol–water partition coefficient (Wildman–Crippen LogP) is 4.08. The third-order valence-electron chi connectivity index (χ3n) is 5.73. The van der Waals surface area contributed by atoms with Crippen LogP contribution in [0.4, 0.5) is 5.69 Å². The number of fused-ring (bicyclic) bond motifs is 4. The number of carbonyl (C=O) groups excluding carboxylic acids is 1. The molecule has 1 aliphatic heterocycles. The maximum Gasteiger partial charge on any atom is 0.259 e. The van der Waals surface area contributed by atoms with Crippen molar-refractivity contribution in [1.82, 2.24) is 9.97 Å². The van der Waals surface area contributed by atoms with Crippen LogP contribution in [0.2, 0.25) is 0 Å². The number of amides is 1. The fourth-order valence-electron chi connectivity index (χ4n) is 4.37. The molecule has 150 valence electrons. The van der Waals surface area contributed by atoms with Gasteiger partial charge in [-0.3, -0.25) is 9.59 Å². The van der Waals surface area contributed by atoms with Gasteiger partial charge in [0.15, 0.2) is 0 Å². The Morgan fingerprint density at radius 2 is 2.10 bits per heavy atom. The number of thiophene rings is 1. The fourth-order valence-corrected chi connectivity index (χ4v) is 6.45. The first-order valence-electron chi connectivity index (χ1n) is 10.2. The summed E-state index contributed by atoms with van der Waals surface area (Å²) in [5.41, 5.74) is 3.53. The molecule has 5 nitrogen and oxygen atoms in total. The fraction of sp³-hybridized carbons (Fsp3) is 0.409. The van der Waals surface area contributed by atoms with Gasteiger partial charge >= 0.3 is 0 Å². The SMILES string of the molecule is O=C(CCSCc1nc2sc3c(c2c(=O)[nH]1)CCC3)N1CCCc2ccccc21. The highest BCUT2D eigenvalue weighted by atomic mass is 32.2. The lowest BCUT2D eigenvalue weighted by Crippen LogP contribution is -2.35. The van der Waals surface area contributed by atoms with Crippen LogP contribution in [0.25, 0.3) is 10.2 Å². The number of rotatable bonds is 5. The van der Waals surface area contributed by atoms with Crippen molar-refractivity contribution < 1.29 is 4.79 Å². The first-order chi connectivity index (χ1) is 14.2. The number of hydrogen-bond acceptors (Lipinski definition) is 5. The third kappa shape index (κ3) is 3.62. The molecule has 7 heteroatoms. The molecule has 3 heterocycles. The summed E-state index contributed by atoms with van der Waals surface area (Å²) in [6.07, 6.45) is 5.77.